The number of hydrogen-bond donors (Lipinski definition) is 2. The van der Waals surface area contributed by atoms with Crippen LogP contribution >= 0.6 is 11.6 Å². The first-order chi connectivity index (χ1) is 9.95. The minimum absolute atomic E-state index is 0.0495. The molecule has 2 N–H and O–H groups in total. The molecule has 1 aromatic carbocycles. The molecule has 1 saturated heterocycles. The van der Waals surface area contributed by atoms with Gasteiger partial charge in [0.2, 0.25) is 5.91 Å². The van der Waals surface area contributed by atoms with Crippen LogP contribution in [0.3, 0.4) is 0 Å². The van der Waals surface area contributed by atoms with Crippen molar-refractivity contribution in [1.29, 1.82) is 0 Å². The molecule has 1 aliphatic rings. The van der Waals surface area contributed by atoms with Crippen LogP contribution in [0, 0.1) is 0 Å². The third-order valence-electron chi connectivity index (χ3n) is 3.78. The Hall–Kier alpha value is -1.26. The monoisotopic (exact) mass is 310 g/mol. The number of phenolic OH excluding ortho intramolecular Hbond substituents is 1. The molecular formula is C16H23ClN2O2. The van der Waals surface area contributed by atoms with Gasteiger partial charge in [-0.3, -0.25) is 4.79 Å². The molecule has 0 radical (unpaired) electrons. The fourth-order valence-corrected chi connectivity index (χ4v) is 2.92. The third-order valence-corrected chi connectivity index (χ3v) is 4.09. The lowest BCUT2D eigenvalue weighted by Crippen LogP contribution is -2.47. The number of aromatic hydroxyl groups is 1. The predicted molar refractivity (Wildman–Crippen MR) is 84.7 cm³/mol. The molecule has 0 aliphatic carbocycles. The van der Waals surface area contributed by atoms with E-state index in [0.717, 1.165) is 31.5 Å². The second-order valence-electron chi connectivity index (χ2n) is 5.94. The largest absolute Gasteiger partial charge is 0.506 e. The van der Waals surface area contributed by atoms with Gasteiger partial charge in [-0.25, -0.2) is 0 Å². The van der Waals surface area contributed by atoms with Gasteiger partial charge in [0.25, 0.3) is 0 Å². The molecule has 5 heteroatoms. The lowest BCUT2D eigenvalue weighted by Gasteiger charge is -2.33. The van der Waals surface area contributed by atoms with Crippen molar-refractivity contribution in [2.45, 2.75) is 45.2 Å². The van der Waals surface area contributed by atoms with E-state index in [0.29, 0.717) is 23.5 Å². The molecule has 1 fully saturated rings. The summed E-state index contributed by atoms with van der Waals surface area (Å²) in [5.41, 5.74) is 0.838. The average Bonchev–Trinajstić information content (AvgIpc) is 2.43. The molecule has 0 atom stereocenters. The molecule has 0 unspecified atom stereocenters. The molecule has 0 saturated carbocycles. The maximum absolute atomic E-state index is 12.3. The highest BCUT2D eigenvalue weighted by molar-refractivity contribution is 6.32. The number of nitrogens with zero attached hydrogens (tertiary/aromatic N) is 1. The fourth-order valence-electron chi connectivity index (χ4n) is 2.71. The van der Waals surface area contributed by atoms with Crippen molar-refractivity contribution >= 4 is 17.5 Å². The molecule has 1 heterocycles. The smallest absolute Gasteiger partial charge is 0.226 e. The summed E-state index contributed by atoms with van der Waals surface area (Å²) in [6, 6.07) is 5.92. The minimum atomic E-state index is 0.0495. The number of amides is 1. The van der Waals surface area contributed by atoms with Crippen LogP contribution in [-0.4, -0.2) is 41.1 Å². The van der Waals surface area contributed by atoms with Crippen LogP contribution in [0.15, 0.2) is 18.2 Å². The number of piperidine rings is 1. The standard InChI is InChI=1S/C16H23ClN2O2/c1-11(2)18-13-5-7-19(8-6-13)16(21)10-12-3-4-15(20)14(17)9-12/h3-4,9,11,13,18,20H,5-8,10H2,1-2H3. The van der Waals surface area contributed by atoms with Crippen molar-refractivity contribution in [3.63, 3.8) is 0 Å². The summed E-state index contributed by atoms with van der Waals surface area (Å²) < 4.78 is 0. The summed E-state index contributed by atoms with van der Waals surface area (Å²) in [4.78, 5) is 14.2. The summed E-state index contributed by atoms with van der Waals surface area (Å²) >= 11 is 5.87. The van der Waals surface area contributed by atoms with Crippen LogP contribution in [-0.2, 0) is 11.2 Å². The molecule has 0 spiro atoms. The van der Waals surface area contributed by atoms with Crippen molar-refractivity contribution in [3.8, 4) is 5.75 Å². The summed E-state index contributed by atoms with van der Waals surface area (Å²) in [5, 5.41) is 13.2. The Morgan fingerprint density at radius 1 is 1.43 bits per heavy atom. The van der Waals surface area contributed by atoms with Gasteiger partial charge in [-0.1, -0.05) is 31.5 Å². The summed E-state index contributed by atoms with van der Waals surface area (Å²) in [6.07, 6.45) is 2.34. The number of benzene rings is 1. The van der Waals surface area contributed by atoms with Gasteiger partial charge in [-0.05, 0) is 30.5 Å². The maximum atomic E-state index is 12.3. The highest BCUT2D eigenvalue weighted by atomic mass is 35.5. The van der Waals surface area contributed by atoms with Crippen molar-refractivity contribution in [2.75, 3.05) is 13.1 Å². The van der Waals surface area contributed by atoms with E-state index in [1.807, 2.05) is 4.90 Å². The van der Waals surface area contributed by atoms with Crippen LogP contribution in [0.25, 0.3) is 0 Å². The zero-order chi connectivity index (χ0) is 15.4. The van der Waals surface area contributed by atoms with E-state index < -0.39 is 0 Å². The van der Waals surface area contributed by atoms with Gasteiger partial charge in [-0.15, -0.1) is 0 Å². The quantitative estimate of drug-likeness (QED) is 0.898. The lowest BCUT2D eigenvalue weighted by molar-refractivity contribution is -0.131. The molecule has 4 nitrogen and oxygen atoms in total. The molecule has 116 valence electrons. The molecule has 1 amide bonds. The second-order valence-corrected chi connectivity index (χ2v) is 6.35. The minimum Gasteiger partial charge on any atom is -0.506 e. The first-order valence-electron chi connectivity index (χ1n) is 7.47. The first kappa shape index (κ1) is 16.1. The van der Waals surface area contributed by atoms with Gasteiger partial charge < -0.3 is 15.3 Å². The van der Waals surface area contributed by atoms with Crippen molar-refractivity contribution < 1.29 is 9.90 Å². The first-order valence-corrected chi connectivity index (χ1v) is 7.84. The van der Waals surface area contributed by atoms with Crippen LogP contribution in [0.1, 0.15) is 32.3 Å². The van der Waals surface area contributed by atoms with Crippen molar-refractivity contribution in [2.24, 2.45) is 0 Å². The summed E-state index contributed by atoms with van der Waals surface area (Å²) in [6.45, 7) is 5.89. The second kappa shape index (κ2) is 7.14. The molecule has 1 aliphatic heterocycles. The zero-order valence-electron chi connectivity index (χ0n) is 12.6. The normalized spacial score (nSPS) is 16.5. The average molecular weight is 311 g/mol. The maximum Gasteiger partial charge on any atom is 0.226 e. The van der Waals surface area contributed by atoms with Gasteiger partial charge in [0, 0.05) is 25.2 Å². The van der Waals surface area contributed by atoms with Crippen molar-refractivity contribution in [3.05, 3.63) is 28.8 Å². The number of phenols is 1. The molecule has 0 aromatic heterocycles. The van der Waals surface area contributed by atoms with Crippen LogP contribution in [0.4, 0.5) is 0 Å². The van der Waals surface area contributed by atoms with Gasteiger partial charge >= 0.3 is 0 Å². The third kappa shape index (κ3) is 4.61. The number of rotatable bonds is 4. The number of carbonyl (C=O) groups is 1. The van der Waals surface area contributed by atoms with E-state index in [4.69, 9.17) is 11.6 Å². The highest BCUT2D eigenvalue weighted by Crippen LogP contribution is 2.24. The Morgan fingerprint density at radius 2 is 2.10 bits per heavy atom. The fraction of sp³-hybridized carbons (Fsp3) is 0.562. The number of likely N-dealkylation sites (tertiary alicyclic amines) is 1. The topological polar surface area (TPSA) is 52.6 Å². The van der Waals surface area contributed by atoms with Crippen LogP contribution < -0.4 is 5.32 Å². The number of carbonyl (C=O) groups excluding carboxylic acids is 1. The van der Waals surface area contributed by atoms with E-state index in [2.05, 4.69) is 19.2 Å². The van der Waals surface area contributed by atoms with Crippen LogP contribution in [0.5, 0.6) is 5.75 Å². The molecule has 21 heavy (non-hydrogen) atoms. The lowest BCUT2D eigenvalue weighted by atomic mass is 10.0. The number of hydrogen-bond acceptors (Lipinski definition) is 3. The van der Waals surface area contributed by atoms with E-state index >= 15 is 0 Å². The molecular weight excluding hydrogens is 288 g/mol. The Morgan fingerprint density at radius 3 is 2.67 bits per heavy atom. The van der Waals surface area contributed by atoms with Gasteiger partial charge in [0.1, 0.15) is 5.75 Å². The van der Waals surface area contributed by atoms with E-state index in [1.54, 1.807) is 12.1 Å². The van der Waals surface area contributed by atoms with E-state index in [9.17, 15) is 9.90 Å². The number of halogens is 1. The highest BCUT2D eigenvalue weighted by Gasteiger charge is 2.23. The van der Waals surface area contributed by atoms with Gasteiger partial charge in [0.15, 0.2) is 0 Å². The summed E-state index contributed by atoms with van der Waals surface area (Å²) in [7, 11) is 0. The van der Waals surface area contributed by atoms with Gasteiger partial charge in [0.05, 0.1) is 11.4 Å². The molecule has 1 aromatic rings. The SMILES string of the molecule is CC(C)NC1CCN(C(=O)Cc2ccc(O)c(Cl)c2)CC1. The van der Waals surface area contributed by atoms with E-state index in [1.165, 1.54) is 6.07 Å². The Balaban J connectivity index is 1.86. The molecule has 2 rings (SSSR count). The van der Waals surface area contributed by atoms with E-state index in [-0.39, 0.29) is 11.7 Å². The Kier molecular flexibility index (Phi) is 5.48. The van der Waals surface area contributed by atoms with Crippen molar-refractivity contribution in [1.82, 2.24) is 10.2 Å². The zero-order valence-corrected chi connectivity index (χ0v) is 13.4. The Labute approximate surface area is 131 Å². The Bertz CT molecular complexity index is 497. The molecule has 0 bridgehead atoms. The van der Waals surface area contributed by atoms with Crippen LogP contribution in [0.2, 0.25) is 5.02 Å². The van der Waals surface area contributed by atoms with Gasteiger partial charge in [-0.2, -0.15) is 0 Å². The number of nitrogens with one attached hydrogen (secondary N) is 1. The predicted octanol–water partition coefficient (Wildman–Crippen LogP) is 2.58. The summed E-state index contributed by atoms with van der Waals surface area (Å²) in [5.74, 6) is 0.174.